The monoisotopic (exact) mass is 455 g/mol. The summed E-state index contributed by atoms with van der Waals surface area (Å²) in [5, 5.41) is 12.1. The Morgan fingerprint density at radius 3 is 2.44 bits per heavy atom. The predicted octanol–water partition coefficient (Wildman–Crippen LogP) is -3.88. The zero-order valence-corrected chi connectivity index (χ0v) is 18.8. The summed E-state index contributed by atoms with van der Waals surface area (Å²) in [4.78, 5) is 61.4. The maximum absolute atomic E-state index is 12.8. The van der Waals surface area contributed by atoms with Crippen molar-refractivity contribution in [2.75, 3.05) is 18.5 Å². The zero-order chi connectivity index (χ0) is 22.4. The van der Waals surface area contributed by atoms with Gasteiger partial charge in [-0.05, 0) is 24.3 Å². The van der Waals surface area contributed by atoms with Crippen LogP contribution in [0.1, 0.15) is 11.8 Å². The van der Waals surface area contributed by atoms with E-state index in [0.29, 0.717) is 5.69 Å². The second kappa shape index (κ2) is 8.68. The van der Waals surface area contributed by atoms with Crippen LogP contribution in [0.25, 0.3) is 0 Å². The number of carboxylic acids is 1. The van der Waals surface area contributed by atoms with Crippen molar-refractivity contribution in [2.24, 2.45) is 11.5 Å². The predicted molar refractivity (Wildman–Crippen MR) is 101 cm³/mol. The van der Waals surface area contributed by atoms with Crippen molar-refractivity contribution >= 4 is 35.6 Å². The van der Waals surface area contributed by atoms with Crippen molar-refractivity contribution in [1.29, 1.82) is 0 Å². The number of likely N-dealkylation sites (tertiary alicyclic amines) is 1. The fourth-order valence-corrected chi connectivity index (χ4v) is 3.92. The smallest absolute Gasteiger partial charge is 1.00 e. The maximum Gasteiger partial charge on any atom is 1.00 e. The van der Waals surface area contributed by atoms with Crippen molar-refractivity contribution in [3.8, 4) is 0 Å². The number of anilines is 1. The number of carbonyl (C=O) groups excluding carboxylic acids is 4. The van der Waals surface area contributed by atoms with Crippen molar-refractivity contribution in [3.63, 3.8) is 0 Å². The van der Waals surface area contributed by atoms with E-state index < -0.39 is 60.4 Å². The Bertz CT molecular complexity index is 1050. The molecule has 0 radical (unpaired) electrons. The molecule has 32 heavy (non-hydrogen) atoms. The summed E-state index contributed by atoms with van der Waals surface area (Å²) >= 11 is 0. The Morgan fingerprint density at radius 1 is 1.22 bits per heavy atom. The minimum absolute atomic E-state index is 0. The van der Waals surface area contributed by atoms with Crippen LogP contribution in [0.15, 0.2) is 35.7 Å². The van der Waals surface area contributed by atoms with Crippen molar-refractivity contribution in [1.82, 2.24) is 9.80 Å². The average molecular weight is 455 g/mol. The fraction of sp³-hybridized carbons (Fsp3) is 0.278. The molecule has 3 heterocycles. The molecule has 0 aromatic heterocycles. The quantitative estimate of drug-likeness (QED) is 0.256. The number of nitrogens with two attached hydrogens (primary N) is 2. The maximum atomic E-state index is 12.8. The summed E-state index contributed by atoms with van der Waals surface area (Å²) in [6, 6.07) is 3.66. The number of benzene rings is 1. The minimum Gasteiger partial charge on any atom is -1.00 e. The number of rotatable bonds is 5. The molecule has 0 bridgehead atoms. The normalized spacial score (nSPS) is 22.8. The van der Waals surface area contributed by atoms with Gasteiger partial charge < -0.3 is 37.7 Å². The summed E-state index contributed by atoms with van der Waals surface area (Å²) in [5.74, 6) is -2.88. The van der Waals surface area contributed by atoms with Crippen LogP contribution in [-0.4, -0.2) is 76.2 Å². The number of primary amides is 2. The standard InChI is InChI=1S/C18H17N5O8.Na.H/c19-14(24)7-1-3-8(4-2-7)21-18(29)22-5-9-11-13(22)15(25)23(11)12(16(26)27)10(31-9)6-30-17(20)28;;/h1-4,9,11,13H,5-6H2,(H2,19,24)(H2,20,28)(H,21,29)(H,26,27);;/q;+1;-1/t9-,11-,13+;;/m1../s1. The van der Waals surface area contributed by atoms with E-state index in [2.05, 4.69) is 10.1 Å². The largest absolute Gasteiger partial charge is 1.00 e. The molecule has 2 fully saturated rings. The summed E-state index contributed by atoms with van der Waals surface area (Å²) in [7, 11) is 0. The van der Waals surface area contributed by atoms with Crippen molar-refractivity contribution in [3.05, 3.63) is 41.3 Å². The van der Waals surface area contributed by atoms with Gasteiger partial charge in [0.05, 0.1) is 6.54 Å². The Balaban J connectivity index is 0.00000193. The third-order valence-electron chi connectivity index (χ3n) is 5.23. The van der Waals surface area contributed by atoms with E-state index in [-0.39, 0.29) is 48.9 Å². The molecule has 3 aliphatic rings. The summed E-state index contributed by atoms with van der Waals surface area (Å²) in [6.45, 7) is -0.567. The number of urea groups is 1. The first-order valence-corrected chi connectivity index (χ1v) is 9.05. The number of amides is 5. The molecular weight excluding hydrogens is 437 g/mol. The SMILES string of the molecule is NC(=O)OCC1=C(C(=O)O)N2C(=O)[C@@H]3[C@H]2[C@@H](CN3C(=O)Nc2ccc(C(N)=O)cc2)O1.[H-].[Na+]. The molecule has 2 saturated heterocycles. The van der Waals surface area contributed by atoms with Gasteiger partial charge in [-0.1, -0.05) is 0 Å². The molecule has 0 aliphatic carbocycles. The second-order valence-electron chi connectivity index (χ2n) is 7.01. The van der Waals surface area contributed by atoms with E-state index in [1.807, 2.05) is 0 Å². The topological polar surface area (TPSA) is 195 Å². The van der Waals surface area contributed by atoms with Gasteiger partial charge in [-0.25, -0.2) is 14.4 Å². The van der Waals surface area contributed by atoms with Gasteiger partial charge in [0.15, 0.2) is 18.1 Å². The van der Waals surface area contributed by atoms with Gasteiger partial charge in [-0.2, -0.15) is 0 Å². The van der Waals surface area contributed by atoms with Gasteiger partial charge in [0.2, 0.25) is 5.91 Å². The van der Waals surface area contributed by atoms with Crippen LogP contribution in [0.4, 0.5) is 15.3 Å². The summed E-state index contributed by atoms with van der Waals surface area (Å²) in [5.41, 5.74) is 10.3. The number of nitrogens with one attached hydrogen (secondary N) is 1. The molecule has 4 rings (SSSR count). The van der Waals surface area contributed by atoms with E-state index in [1.165, 1.54) is 29.2 Å². The van der Waals surface area contributed by atoms with E-state index in [9.17, 15) is 29.1 Å². The first kappa shape index (κ1) is 23.4. The molecule has 1 aromatic carbocycles. The molecule has 0 spiro atoms. The van der Waals surface area contributed by atoms with Crippen LogP contribution in [0, 0.1) is 0 Å². The summed E-state index contributed by atoms with van der Waals surface area (Å²) in [6.07, 6.45) is -1.84. The fourth-order valence-electron chi connectivity index (χ4n) is 3.92. The average Bonchev–Trinajstić information content (AvgIpc) is 3.08. The molecule has 3 atom stereocenters. The van der Waals surface area contributed by atoms with E-state index >= 15 is 0 Å². The zero-order valence-electron chi connectivity index (χ0n) is 17.8. The van der Waals surface area contributed by atoms with E-state index in [4.69, 9.17) is 16.2 Å². The van der Waals surface area contributed by atoms with Crippen molar-refractivity contribution < 1.29 is 69.5 Å². The Kier molecular flexibility index (Phi) is 6.34. The van der Waals surface area contributed by atoms with Gasteiger partial charge in [-0.15, -0.1) is 0 Å². The molecule has 3 aliphatic heterocycles. The van der Waals surface area contributed by atoms with Crippen LogP contribution in [0.2, 0.25) is 0 Å². The molecular formula is C18H18N5NaO8. The van der Waals surface area contributed by atoms with Gasteiger partial charge in [0.25, 0.3) is 5.91 Å². The number of carboxylic acid groups (broad SMARTS) is 1. The Labute approximate surface area is 204 Å². The third-order valence-corrected chi connectivity index (χ3v) is 5.23. The molecule has 0 unspecified atom stereocenters. The van der Waals surface area contributed by atoms with Crippen LogP contribution in [0.3, 0.4) is 0 Å². The van der Waals surface area contributed by atoms with Gasteiger partial charge in [-0.3, -0.25) is 14.5 Å². The van der Waals surface area contributed by atoms with Crippen LogP contribution in [-0.2, 0) is 19.1 Å². The number of aliphatic carboxylic acids is 1. The summed E-state index contributed by atoms with van der Waals surface area (Å²) < 4.78 is 10.3. The first-order valence-electron chi connectivity index (χ1n) is 9.05. The number of hydrogen-bond donors (Lipinski definition) is 4. The van der Waals surface area contributed by atoms with Crippen LogP contribution < -0.4 is 46.3 Å². The van der Waals surface area contributed by atoms with Crippen molar-refractivity contribution in [2.45, 2.75) is 18.2 Å². The number of nitrogens with zero attached hydrogens (tertiary/aromatic N) is 2. The second-order valence-corrected chi connectivity index (χ2v) is 7.01. The van der Waals surface area contributed by atoms with Crippen LogP contribution in [0.5, 0.6) is 0 Å². The molecule has 164 valence electrons. The third kappa shape index (κ3) is 3.85. The number of ether oxygens (including phenoxy) is 2. The molecule has 1 aromatic rings. The molecule has 5 amide bonds. The molecule has 14 heteroatoms. The first-order chi connectivity index (χ1) is 14.7. The molecule has 6 N–H and O–H groups in total. The number of carbonyl (C=O) groups is 5. The molecule has 0 saturated carbocycles. The Hall–Kier alpha value is -3.29. The molecule has 13 nitrogen and oxygen atoms in total. The Morgan fingerprint density at radius 2 is 1.88 bits per heavy atom. The van der Waals surface area contributed by atoms with Gasteiger partial charge in [0, 0.05) is 11.3 Å². The van der Waals surface area contributed by atoms with E-state index in [0.717, 1.165) is 4.90 Å². The van der Waals surface area contributed by atoms with E-state index in [1.54, 1.807) is 0 Å². The van der Waals surface area contributed by atoms with Crippen LogP contribution >= 0.6 is 0 Å². The minimum atomic E-state index is -1.44. The number of β-lactam (4-membered cyclic amide) rings is 1. The number of hydrogen-bond acceptors (Lipinski definition) is 7. The van der Waals surface area contributed by atoms with Gasteiger partial charge in [0.1, 0.15) is 18.2 Å². The van der Waals surface area contributed by atoms with Gasteiger partial charge >= 0.3 is 47.7 Å².